The van der Waals surface area contributed by atoms with Crippen molar-refractivity contribution in [3.05, 3.63) is 83.8 Å². The normalized spacial score (nSPS) is 10.8. The molecule has 0 saturated carbocycles. The van der Waals surface area contributed by atoms with Gasteiger partial charge in [-0.05, 0) is 58.8 Å². The molecule has 4 aromatic rings. The number of aromatic amines is 1. The van der Waals surface area contributed by atoms with Gasteiger partial charge in [0.25, 0.3) is 0 Å². The summed E-state index contributed by atoms with van der Waals surface area (Å²) < 4.78 is 2.14. The van der Waals surface area contributed by atoms with Crippen molar-refractivity contribution in [3.8, 4) is 16.9 Å². The van der Waals surface area contributed by atoms with Crippen molar-refractivity contribution in [2.75, 3.05) is 0 Å². The SMILES string of the molecule is O=C(O)c1ccc(-n2c(CCc3nnn[nH]3)ccc2-c2ccccc2)cc1. The number of hydrogen-bond acceptors (Lipinski definition) is 4. The Morgan fingerprint density at radius 3 is 2.41 bits per heavy atom. The molecule has 0 amide bonds. The second kappa shape index (κ2) is 7.25. The van der Waals surface area contributed by atoms with Gasteiger partial charge in [0.15, 0.2) is 0 Å². The highest BCUT2D eigenvalue weighted by molar-refractivity contribution is 5.87. The number of aryl methyl sites for hydroxylation is 2. The predicted octanol–water partition coefficient (Wildman–Crippen LogP) is 3.14. The minimum Gasteiger partial charge on any atom is -0.478 e. The van der Waals surface area contributed by atoms with Gasteiger partial charge in [0, 0.05) is 17.8 Å². The molecule has 0 radical (unpaired) electrons. The van der Waals surface area contributed by atoms with Gasteiger partial charge in [0.05, 0.1) is 11.3 Å². The number of rotatable bonds is 6. The second-order valence-electron chi connectivity index (χ2n) is 6.11. The monoisotopic (exact) mass is 359 g/mol. The number of tetrazole rings is 1. The number of carbonyl (C=O) groups is 1. The zero-order valence-electron chi connectivity index (χ0n) is 14.4. The average molecular weight is 359 g/mol. The Kier molecular flexibility index (Phi) is 4.49. The average Bonchev–Trinajstić information content (AvgIpc) is 3.37. The highest BCUT2D eigenvalue weighted by Gasteiger charge is 2.13. The van der Waals surface area contributed by atoms with Crippen LogP contribution in [0, 0.1) is 0 Å². The summed E-state index contributed by atoms with van der Waals surface area (Å²) in [6.45, 7) is 0. The maximum atomic E-state index is 11.2. The Hall–Kier alpha value is -3.74. The maximum absolute atomic E-state index is 11.2. The molecular formula is C20H17N5O2. The van der Waals surface area contributed by atoms with E-state index in [-0.39, 0.29) is 5.56 Å². The lowest BCUT2D eigenvalue weighted by molar-refractivity contribution is 0.0697. The molecule has 0 atom stereocenters. The van der Waals surface area contributed by atoms with E-state index in [0.29, 0.717) is 6.42 Å². The maximum Gasteiger partial charge on any atom is 0.335 e. The van der Waals surface area contributed by atoms with Crippen LogP contribution < -0.4 is 0 Å². The van der Waals surface area contributed by atoms with E-state index in [1.165, 1.54) is 0 Å². The van der Waals surface area contributed by atoms with Crippen LogP contribution in [0.25, 0.3) is 16.9 Å². The Morgan fingerprint density at radius 2 is 1.74 bits per heavy atom. The van der Waals surface area contributed by atoms with E-state index in [1.807, 2.05) is 30.3 Å². The van der Waals surface area contributed by atoms with Crippen molar-refractivity contribution < 1.29 is 9.90 Å². The topological polar surface area (TPSA) is 96.7 Å². The molecule has 7 heteroatoms. The second-order valence-corrected chi connectivity index (χ2v) is 6.11. The Balaban J connectivity index is 1.75. The van der Waals surface area contributed by atoms with Gasteiger partial charge in [-0.1, -0.05) is 30.3 Å². The lowest BCUT2D eigenvalue weighted by Gasteiger charge is -2.14. The first-order chi connectivity index (χ1) is 13.2. The molecule has 0 unspecified atom stereocenters. The molecule has 134 valence electrons. The van der Waals surface area contributed by atoms with Gasteiger partial charge in [-0.15, -0.1) is 5.10 Å². The minimum absolute atomic E-state index is 0.265. The molecular weight excluding hydrogens is 342 g/mol. The van der Waals surface area contributed by atoms with E-state index in [2.05, 4.69) is 49.5 Å². The third-order valence-corrected chi connectivity index (χ3v) is 4.41. The number of hydrogen-bond donors (Lipinski definition) is 2. The fraction of sp³-hybridized carbons (Fsp3) is 0.100. The standard InChI is InChI=1S/C20H17N5O2/c26-20(27)15-6-8-16(9-7-15)25-17(11-13-19-21-23-24-22-19)10-12-18(25)14-4-2-1-3-5-14/h1-10,12H,11,13H2,(H,26,27)(H,21,22,23,24). The third kappa shape index (κ3) is 3.48. The van der Waals surface area contributed by atoms with Gasteiger partial charge >= 0.3 is 5.97 Å². The van der Waals surface area contributed by atoms with Gasteiger partial charge in [-0.2, -0.15) is 0 Å². The van der Waals surface area contributed by atoms with Crippen LogP contribution in [0.5, 0.6) is 0 Å². The highest BCUT2D eigenvalue weighted by atomic mass is 16.4. The molecule has 0 aliphatic heterocycles. The van der Waals surface area contributed by atoms with Crippen LogP contribution >= 0.6 is 0 Å². The van der Waals surface area contributed by atoms with E-state index >= 15 is 0 Å². The lowest BCUT2D eigenvalue weighted by atomic mass is 10.1. The van der Waals surface area contributed by atoms with Crippen LogP contribution in [-0.2, 0) is 12.8 Å². The summed E-state index contributed by atoms with van der Waals surface area (Å²) in [5, 5.41) is 23.1. The smallest absolute Gasteiger partial charge is 0.335 e. The molecule has 4 rings (SSSR count). The molecule has 0 aliphatic rings. The van der Waals surface area contributed by atoms with Crippen LogP contribution in [0.3, 0.4) is 0 Å². The van der Waals surface area contributed by atoms with Gasteiger partial charge in [-0.25, -0.2) is 9.89 Å². The lowest BCUT2D eigenvalue weighted by Crippen LogP contribution is -2.05. The quantitative estimate of drug-likeness (QED) is 0.551. The number of nitrogens with one attached hydrogen (secondary N) is 1. The van der Waals surface area contributed by atoms with Crippen molar-refractivity contribution in [2.24, 2.45) is 0 Å². The number of carboxylic acids is 1. The predicted molar refractivity (Wildman–Crippen MR) is 99.8 cm³/mol. The number of benzene rings is 2. The van der Waals surface area contributed by atoms with Gasteiger partial charge < -0.3 is 9.67 Å². The first-order valence-electron chi connectivity index (χ1n) is 8.55. The fourth-order valence-corrected chi connectivity index (χ4v) is 3.10. The summed E-state index contributed by atoms with van der Waals surface area (Å²) in [7, 11) is 0. The Labute approximate surface area is 155 Å². The molecule has 0 saturated heterocycles. The first-order valence-corrected chi connectivity index (χ1v) is 8.55. The molecule has 2 N–H and O–H groups in total. The molecule has 2 aromatic carbocycles. The van der Waals surface area contributed by atoms with E-state index in [0.717, 1.165) is 34.9 Å². The first kappa shape index (κ1) is 16.7. The van der Waals surface area contributed by atoms with Crippen LogP contribution in [0.2, 0.25) is 0 Å². The molecule has 0 bridgehead atoms. The number of aromatic carboxylic acids is 1. The number of aromatic nitrogens is 5. The molecule has 0 aliphatic carbocycles. The summed E-state index contributed by atoms with van der Waals surface area (Å²) in [5.41, 5.74) is 4.40. The summed E-state index contributed by atoms with van der Waals surface area (Å²) in [6, 6.07) is 21.2. The van der Waals surface area contributed by atoms with Crippen LogP contribution in [0.15, 0.2) is 66.7 Å². The van der Waals surface area contributed by atoms with Crippen molar-refractivity contribution in [2.45, 2.75) is 12.8 Å². The zero-order valence-corrected chi connectivity index (χ0v) is 14.4. The largest absolute Gasteiger partial charge is 0.478 e. The van der Waals surface area contributed by atoms with Crippen molar-refractivity contribution in [1.82, 2.24) is 25.2 Å². The van der Waals surface area contributed by atoms with E-state index in [1.54, 1.807) is 12.1 Å². The number of nitrogens with zero attached hydrogens (tertiary/aromatic N) is 4. The molecule has 2 aromatic heterocycles. The van der Waals surface area contributed by atoms with Gasteiger partial charge in [-0.3, -0.25) is 0 Å². The summed E-state index contributed by atoms with van der Waals surface area (Å²) in [6.07, 6.45) is 1.42. The summed E-state index contributed by atoms with van der Waals surface area (Å²) in [5.74, 6) is -0.208. The summed E-state index contributed by atoms with van der Waals surface area (Å²) >= 11 is 0. The third-order valence-electron chi connectivity index (χ3n) is 4.41. The molecule has 0 fully saturated rings. The molecule has 2 heterocycles. The van der Waals surface area contributed by atoms with Gasteiger partial charge in [0.1, 0.15) is 5.82 Å². The molecule has 0 spiro atoms. The van der Waals surface area contributed by atoms with Crippen LogP contribution in [0.1, 0.15) is 21.9 Å². The number of carboxylic acid groups (broad SMARTS) is 1. The zero-order chi connectivity index (χ0) is 18.6. The fourth-order valence-electron chi connectivity index (χ4n) is 3.10. The number of H-pyrrole nitrogens is 1. The highest BCUT2D eigenvalue weighted by Crippen LogP contribution is 2.27. The van der Waals surface area contributed by atoms with Crippen molar-refractivity contribution in [3.63, 3.8) is 0 Å². The van der Waals surface area contributed by atoms with E-state index < -0.39 is 5.97 Å². The Morgan fingerprint density at radius 1 is 0.963 bits per heavy atom. The minimum atomic E-state index is -0.935. The molecule has 27 heavy (non-hydrogen) atoms. The van der Waals surface area contributed by atoms with Gasteiger partial charge in [0.2, 0.25) is 0 Å². The Bertz CT molecular complexity index is 1040. The van der Waals surface area contributed by atoms with Crippen LogP contribution in [0.4, 0.5) is 0 Å². The van der Waals surface area contributed by atoms with Crippen molar-refractivity contribution in [1.29, 1.82) is 0 Å². The molecule has 7 nitrogen and oxygen atoms in total. The van der Waals surface area contributed by atoms with E-state index in [9.17, 15) is 4.79 Å². The summed E-state index contributed by atoms with van der Waals surface area (Å²) in [4.78, 5) is 11.2. The van der Waals surface area contributed by atoms with Crippen LogP contribution in [-0.4, -0.2) is 36.3 Å². The van der Waals surface area contributed by atoms with E-state index in [4.69, 9.17) is 5.11 Å². The van der Waals surface area contributed by atoms with Crippen molar-refractivity contribution >= 4 is 5.97 Å².